The number of halogens is 1. The lowest BCUT2D eigenvalue weighted by molar-refractivity contribution is -0.148. The van der Waals surface area contributed by atoms with E-state index in [4.69, 9.17) is 17.3 Å². The molecule has 1 aliphatic rings. The summed E-state index contributed by atoms with van der Waals surface area (Å²) in [4.78, 5) is 32.9. The first-order chi connectivity index (χ1) is 16.1. The number of rotatable bonds is 9. The monoisotopic (exact) mass is 483 g/mol. The van der Waals surface area contributed by atoms with E-state index in [0.717, 1.165) is 11.4 Å². The molecule has 0 spiro atoms. The van der Waals surface area contributed by atoms with Gasteiger partial charge in [-0.15, -0.1) is 0 Å². The summed E-state index contributed by atoms with van der Waals surface area (Å²) in [5.41, 5.74) is 9.06. The van der Waals surface area contributed by atoms with Gasteiger partial charge in [-0.1, -0.05) is 30.3 Å². The number of carbonyl (C=O) groups is 2. The molecule has 2 unspecified atom stereocenters. The van der Waals surface area contributed by atoms with Gasteiger partial charge >= 0.3 is 5.97 Å². The minimum atomic E-state index is -1.08. The van der Waals surface area contributed by atoms with Crippen LogP contribution in [0, 0.1) is 0 Å². The molecule has 34 heavy (non-hydrogen) atoms. The number of carboxylic acid groups (broad SMARTS) is 1. The van der Waals surface area contributed by atoms with Gasteiger partial charge in [0, 0.05) is 43.3 Å². The summed E-state index contributed by atoms with van der Waals surface area (Å²) in [6.45, 7) is 5.98. The SMILES string of the molecule is C=C(N)c1cc(Cl)c(CC(C(=O)O)N2CCC(Nc3ccc(N(C)C)nc3)C2=O)cc1/C=C\C. The summed E-state index contributed by atoms with van der Waals surface area (Å²) in [5, 5.41) is 13.5. The van der Waals surface area contributed by atoms with Gasteiger partial charge in [0.05, 0.1) is 11.9 Å². The number of carbonyl (C=O) groups excluding carboxylic acids is 1. The number of amides is 1. The Labute approximate surface area is 204 Å². The van der Waals surface area contributed by atoms with Crippen LogP contribution in [-0.4, -0.2) is 59.6 Å². The molecule has 1 saturated heterocycles. The lowest BCUT2D eigenvalue weighted by Crippen LogP contribution is -2.46. The third-order valence-electron chi connectivity index (χ3n) is 5.77. The molecular formula is C25H30ClN5O3. The number of anilines is 2. The summed E-state index contributed by atoms with van der Waals surface area (Å²) >= 11 is 6.47. The molecule has 2 aromatic rings. The second-order valence-corrected chi connectivity index (χ2v) is 8.84. The van der Waals surface area contributed by atoms with Crippen LogP contribution in [-0.2, 0) is 16.0 Å². The Morgan fingerprint density at radius 2 is 2.18 bits per heavy atom. The molecule has 0 radical (unpaired) electrons. The number of hydrogen-bond acceptors (Lipinski definition) is 6. The predicted molar refractivity (Wildman–Crippen MR) is 137 cm³/mol. The van der Waals surface area contributed by atoms with Gasteiger partial charge in [-0.25, -0.2) is 9.78 Å². The van der Waals surface area contributed by atoms with Gasteiger partial charge in [-0.3, -0.25) is 4.79 Å². The molecule has 9 heteroatoms. The average Bonchev–Trinajstić information content (AvgIpc) is 3.13. The maximum atomic E-state index is 13.1. The molecular weight excluding hydrogens is 454 g/mol. The van der Waals surface area contributed by atoms with Gasteiger partial charge in [0.1, 0.15) is 17.9 Å². The van der Waals surface area contributed by atoms with Crippen LogP contribution in [0.15, 0.2) is 43.1 Å². The standard InChI is InChI=1S/C25H30ClN5O3/c1-5-6-16-11-17(20(26)13-19(16)15(2)27)12-22(25(33)34)31-10-9-21(24(31)32)29-18-7-8-23(28-14-18)30(3)4/h5-8,11,13-14,21-22,29H,2,9-10,12,27H2,1,3-4H3,(H,33,34)/b6-5-. The number of aliphatic carboxylic acids is 1. The van der Waals surface area contributed by atoms with Gasteiger partial charge in [-0.2, -0.15) is 0 Å². The molecule has 1 aromatic heterocycles. The fraction of sp³-hybridized carbons (Fsp3) is 0.320. The third-order valence-corrected chi connectivity index (χ3v) is 6.12. The van der Waals surface area contributed by atoms with Crippen molar-refractivity contribution >= 4 is 46.8 Å². The van der Waals surface area contributed by atoms with E-state index >= 15 is 0 Å². The largest absolute Gasteiger partial charge is 0.480 e. The summed E-state index contributed by atoms with van der Waals surface area (Å²) in [5.74, 6) is -0.544. The number of carboxylic acids is 1. The fourth-order valence-corrected chi connectivity index (χ4v) is 4.25. The van der Waals surface area contributed by atoms with Crippen molar-refractivity contribution in [1.29, 1.82) is 0 Å². The Hall–Kier alpha value is -3.52. The molecule has 0 bridgehead atoms. The van der Waals surface area contributed by atoms with Gasteiger partial charge in [-0.05, 0) is 48.7 Å². The zero-order valence-electron chi connectivity index (χ0n) is 19.6. The van der Waals surface area contributed by atoms with E-state index in [0.29, 0.717) is 40.5 Å². The van der Waals surface area contributed by atoms with Crippen molar-refractivity contribution in [2.24, 2.45) is 5.73 Å². The highest BCUT2D eigenvalue weighted by molar-refractivity contribution is 6.31. The molecule has 0 aliphatic carbocycles. The number of aromatic nitrogens is 1. The van der Waals surface area contributed by atoms with Crippen LogP contribution in [0.5, 0.6) is 0 Å². The molecule has 0 saturated carbocycles. The van der Waals surface area contributed by atoms with Crippen molar-refractivity contribution in [3.05, 3.63) is 64.8 Å². The Morgan fingerprint density at radius 1 is 1.44 bits per heavy atom. The van der Waals surface area contributed by atoms with Gasteiger partial charge in [0.15, 0.2) is 0 Å². The number of pyridine rings is 1. The topological polar surface area (TPSA) is 112 Å². The molecule has 3 rings (SSSR count). The molecule has 2 atom stereocenters. The molecule has 1 aliphatic heterocycles. The van der Waals surface area contributed by atoms with Crippen LogP contribution < -0.4 is 16.0 Å². The predicted octanol–water partition coefficient (Wildman–Crippen LogP) is 3.47. The second-order valence-electron chi connectivity index (χ2n) is 8.43. The highest BCUT2D eigenvalue weighted by atomic mass is 35.5. The highest BCUT2D eigenvalue weighted by Gasteiger charge is 2.39. The Bertz CT molecular complexity index is 1110. The molecule has 1 amide bonds. The number of nitrogens with zero attached hydrogens (tertiary/aromatic N) is 3. The van der Waals surface area contributed by atoms with Crippen molar-refractivity contribution < 1.29 is 14.7 Å². The van der Waals surface area contributed by atoms with Gasteiger partial charge < -0.3 is 26.0 Å². The first-order valence-corrected chi connectivity index (χ1v) is 11.3. The maximum absolute atomic E-state index is 13.1. The molecule has 1 aromatic carbocycles. The minimum absolute atomic E-state index is 0.0770. The number of likely N-dealkylation sites (tertiary alicyclic amines) is 1. The molecule has 4 N–H and O–H groups in total. The van der Waals surface area contributed by atoms with E-state index in [1.807, 2.05) is 50.2 Å². The summed E-state index contributed by atoms with van der Waals surface area (Å²) in [6.07, 6.45) is 5.94. The minimum Gasteiger partial charge on any atom is -0.480 e. The Morgan fingerprint density at radius 3 is 2.74 bits per heavy atom. The number of nitrogens with one attached hydrogen (secondary N) is 1. The van der Waals surface area contributed by atoms with Crippen molar-refractivity contribution in [3.8, 4) is 0 Å². The van der Waals surface area contributed by atoms with Crippen LogP contribution in [0.1, 0.15) is 30.0 Å². The molecule has 2 heterocycles. The van der Waals surface area contributed by atoms with E-state index in [1.54, 1.807) is 18.3 Å². The highest BCUT2D eigenvalue weighted by Crippen LogP contribution is 2.29. The smallest absolute Gasteiger partial charge is 0.326 e. The fourth-order valence-electron chi connectivity index (χ4n) is 4.01. The van der Waals surface area contributed by atoms with Crippen molar-refractivity contribution in [1.82, 2.24) is 9.88 Å². The summed E-state index contributed by atoms with van der Waals surface area (Å²) in [7, 11) is 3.79. The number of hydrogen-bond donors (Lipinski definition) is 3. The van der Waals surface area contributed by atoms with Crippen molar-refractivity contribution in [2.75, 3.05) is 30.9 Å². The maximum Gasteiger partial charge on any atom is 0.326 e. The van der Waals surface area contributed by atoms with E-state index < -0.39 is 18.1 Å². The van der Waals surface area contributed by atoms with Crippen LogP contribution in [0.3, 0.4) is 0 Å². The second kappa shape index (κ2) is 10.6. The van der Waals surface area contributed by atoms with Gasteiger partial charge in [0.2, 0.25) is 5.91 Å². The molecule has 8 nitrogen and oxygen atoms in total. The molecule has 180 valence electrons. The zero-order valence-corrected chi connectivity index (χ0v) is 20.3. The molecule has 1 fully saturated rings. The lowest BCUT2D eigenvalue weighted by Gasteiger charge is -2.26. The van der Waals surface area contributed by atoms with Crippen LogP contribution in [0.25, 0.3) is 11.8 Å². The average molecular weight is 484 g/mol. The Kier molecular flexibility index (Phi) is 7.83. The van der Waals surface area contributed by atoms with E-state index in [2.05, 4.69) is 16.9 Å². The van der Waals surface area contributed by atoms with E-state index in [1.165, 1.54) is 4.90 Å². The third kappa shape index (κ3) is 5.51. The van der Waals surface area contributed by atoms with Crippen LogP contribution >= 0.6 is 11.6 Å². The van der Waals surface area contributed by atoms with E-state index in [9.17, 15) is 14.7 Å². The Balaban J connectivity index is 1.79. The quantitative estimate of drug-likeness (QED) is 0.500. The van der Waals surface area contributed by atoms with Crippen LogP contribution in [0.4, 0.5) is 11.5 Å². The first kappa shape index (κ1) is 25.1. The normalized spacial score (nSPS) is 16.6. The van der Waals surface area contributed by atoms with Crippen molar-refractivity contribution in [3.63, 3.8) is 0 Å². The zero-order chi connectivity index (χ0) is 25.0. The number of benzene rings is 1. The van der Waals surface area contributed by atoms with Crippen LogP contribution in [0.2, 0.25) is 5.02 Å². The summed E-state index contributed by atoms with van der Waals surface area (Å²) < 4.78 is 0. The van der Waals surface area contributed by atoms with Gasteiger partial charge in [0.25, 0.3) is 0 Å². The lowest BCUT2D eigenvalue weighted by atomic mass is 9.97. The summed E-state index contributed by atoms with van der Waals surface area (Å²) in [6, 6.07) is 5.63. The number of nitrogens with two attached hydrogens (primary N) is 1. The first-order valence-electron chi connectivity index (χ1n) is 11.0. The number of allylic oxidation sites excluding steroid dienone is 1. The van der Waals surface area contributed by atoms with Crippen molar-refractivity contribution in [2.45, 2.75) is 31.8 Å². The van der Waals surface area contributed by atoms with E-state index in [-0.39, 0.29) is 12.3 Å².